The lowest BCUT2D eigenvalue weighted by Crippen LogP contribution is -2.43. The number of hydrogen-bond donors (Lipinski definition) is 1. The highest BCUT2D eigenvalue weighted by Crippen LogP contribution is 2.39. The zero-order chi connectivity index (χ0) is 16.0. The minimum Gasteiger partial charge on any atom is -0.369 e. The third-order valence-electron chi connectivity index (χ3n) is 4.37. The first-order valence-corrected chi connectivity index (χ1v) is 9.26. The standard InChI is InChI=1S/C17H16N2O2S2/c18-16(20)10-4-3-7-19(9-10)17(21)14-8-13-15(23-14)11-5-1-2-6-12(11)22-13/h1-2,5-6,8,10H,3-4,7,9H2,(H2,18,20)/t10-/m1/s1. The zero-order valence-electron chi connectivity index (χ0n) is 12.5. The summed E-state index contributed by atoms with van der Waals surface area (Å²) < 4.78 is 3.58. The molecule has 118 valence electrons. The van der Waals surface area contributed by atoms with Crippen molar-refractivity contribution >= 4 is 54.0 Å². The number of fused-ring (bicyclic) bond motifs is 3. The molecular formula is C17H16N2O2S2. The summed E-state index contributed by atoms with van der Waals surface area (Å²) in [5.41, 5.74) is 5.40. The molecule has 0 spiro atoms. The molecule has 0 saturated carbocycles. The van der Waals surface area contributed by atoms with Gasteiger partial charge in [-0.05, 0) is 25.0 Å². The molecule has 2 aromatic heterocycles. The van der Waals surface area contributed by atoms with Crippen molar-refractivity contribution in [1.82, 2.24) is 4.90 Å². The number of hydrogen-bond acceptors (Lipinski definition) is 4. The average molecular weight is 344 g/mol. The van der Waals surface area contributed by atoms with E-state index in [0.29, 0.717) is 13.1 Å². The van der Waals surface area contributed by atoms with Crippen LogP contribution in [0, 0.1) is 5.92 Å². The van der Waals surface area contributed by atoms with Crippen LogP contribution in [0.25, 0.3) is 19.5 Å². The number of amides is 2. The van der Waals surface area contributed by atoms with Gasteiger partial charge < -0.3 is 10.6 Å². The van der Waals surface area contributed by atoms with E-state index in [2.05, 4.69) is 12.1 Å². The van der Waals surface area contributed by atoms with Crippen LogP contribution in [-0.2, 0) is 4.79 Å². The van der Waals surface area contributed by atoms with Crippen molar-refractivity contribution in [3.8, 4) is 0 Å². The molecule has 2 amide bonds. The maximum atomic E-state index is 12.8. The summed E-state index contributed by atoms with van der Waals surface area (Å²) in [6.07, 6.45) is 1.62. The first-order valence-electron chi connectivity index (χ1n) is 7.63. The Morgan fingerprint density at radius 3 is 2.83 bits per heavy atom. The number of benzene rings is 1. The van der Waals surface area contributed by atoms with E-state index in [1.54, 1.807) is 27.6 Å². The van der Waals surface area contributed by atoms with E-state index < -0.39 is 0 Å². The van der Waals surface area contributed by atoms with Crippen LogP contribution in [0.4, 0.5) is 0 Å². The summed E-state index contributed by atoms with van der Waals surface area (Å²) in [7, 11) is 0. The van der Waals surface area contributed by atoms with E-state index in [4.69, 9.17) is 5.73 Å². The average Bonchev–Trinajstić information content (AvgIpc) is 3.12. The van der Waals surface area contributed by atoms with Crippen molar-refractivity contribution in [2.45, 2.75) is 12.8 Å². The second-order valence-corrected chi connectivity index (χ2v) is 8.03. The second-order valence-electron chi connectivity index (χ2n) is 5.89. The Morgan fingerprint density at radius 1 is 1.17 bits per heavy atom. The fourth-order valence-corrected chi connectivity index (χ4v) is 5.65. The highest BCUT2D eigenvalue weighted by Gasteiger charge is 2.28. The van der Waals surface area contributed by atoms with Crippen LogP contribution in [0.5, 0.6) is 0 Å². The number of nitrogens with zero attached hydrogens (tertiary/aromatic N) is 1. The number of primary amides is 1. The lowest BCUT2D eigenvalue weighted by atomic mass is 9.97. The number of likely N-dealkylation sites (tertiary alicyclic amines) is 1. The molecule has 0 unspecified atom stereocenters. The summed E-state index contributed by atoms with van der Waals surface area (Å²) in [6, 6.07) is 10.3. The van der Waals surface area contributed by atoms with Gasteiger partial charge in [-0.1, -0.05) is 18.2 Å². The van der Waals surface area contributed by atoms with E-state index >= 15 is 0 Å². The van der Waals surface area contributed by atoms with Gasteiger partial charge in [0, 0.05) is 27.9 Å². The molecule has 1 aliphatic heterocycles. The summed E-state index contributed by atoms with van der Waals surface area (Å²) in [4.78, 5) is 26.7. The van der Waals surface area contributed by atoms with Crippen molar-refractivity contribution in [3.05, 3.63) is 35.2 Å². The number of nitrogens with two attached hydrogens (primary N) is 1. The smallest absolute Gasteiger partial charge is 0.264 e. The van der Waals surface area contributed by atoms with Crippen LogP contribution < -0.4 is 5.73 Å². The molecule has 2 N–H and O–H groups in total. The predicted molar refractivity (Wildman–Crippen MR) is 95.0 cm³/mol. The maximum Gasteiger partial charge on any atom is 0.264 e. The van der Waals surface area contributed by atoms with Crippen LogP contribution in [0.15, 0.2) is 30.3 Å². The molecular weight excluding hydrogens is 328 g/mol. The van der Waals surface area contributed by atoms with Gasteiger partial charge in [0.05, 0.1) is 15.5 Å². The Balaban J connectivity index is 1.65. The first kappa shape index (κ1) is 14.7. The topological polar surface area (TPSA) is 63.4 Å². The molecule has 0 radical (unpaired) electrons. The van der Waals surface area contributed by atoms with Crippen molar-refractivity contribution in [1.29, 1.82) is 0 Å². The Labute approximate surface area is 141 Å². The first-order chi connectivity index (χ1) is 11.1. The van der Waals surface area contributed by atoms with Crippen molar-refractivity contribution in [2.75, 3.05) is 13.1 Å². The lowest BCUT2D eigenvalue weighted by Gasteiger charge is -2.30. The molecule has 4 nitrogen and oxygen atoms in total. The highest BCUT2D eigenvalue weighted by molar-refractivity contribution is 7.33. The summed E-state index contributed by atoms with van der Waals surface area (Å²) in [5.74, 6) is -0.497. The van der Waals surface area contributed by atoms with Crippen LogP contribution >= 0.6 is 22.7 Å². The summed E-state index contributed by atoms with van der Waals surface area (Å²) in [6.45, 7) is 1.15. The van der Waals surface area contributed by atoms with Gasteiger partial charge in [0.15, 0.2) is 0 Å². The monoisotopic (exact) mass is 344 g/mol. The number of piperidine rings is 1. The molecule has 23 heavy (non-hydrogen) atoms. The summed E-state index contributed by atoms with van der Waals surface area (Å²) in [5, 5.41) is 1.21. The third kappa shape index (κ3) is 2.52. The van der Waals surface area contributed by atoms with Crippen LogP contribution in [0.2, 0.25) is 0 Å². The molecule has 0 aliphatic carbocycles. The van der Waals surface area contributed by atoms with Crippen molar-refractivity contribution in [3.63, 3.8) is 0 Å². The van der Waals surface area contributed by atoms with E-state index in [0.717, 1.165) is 22.4 Å². The quantitative estimate of drug-likeness (QED) is 0.774. The van der Waals surface area contributed by atoms with Crippen LogP contribution in [0.3, 0.4) is 0 Å². The number of thiophene rings is 2. The number of carbonyl (C=O) groups is 2. The fourth-order valence-electron chi connectivity index (χ4n) is 3.15. The van der Waals surface area contributed by atoms with Gasteiger partial charge >= 0.3 is 0 Å². The Bertz CT molecular complexity index is 912. The highest BCUT2D eigenvalue weighted by atomic mass is 32.1. The summed E-state index contributed by atoms with van der Waals surface area (Å²) >= 11 is 3.27. The van der Waals surface area contributed by atoms with Crippen LogP contribution in [0.1, 0.15) is 22.5 Å². The molecule has 4 rings (SSSR count). The molecule has 6 heteroatoms. The van der Waals surface area contributed by atoms with Gasteiger partial charge in [-0.2, -0.15) is 0 Å². The molecule has 1 atom stereocenters. The lowest BCUT2D eigenvalue weighted by molar-refractivity contribution is -0.123. The molecule has 3 heterocycles. The Morgan fingerprint density at radius 2 is 2.00 bits per heavy atom. The number of carbonyl (C=O) groups excluding carboxylic acids is 2. The maximum absolute atomic E-state index is 12.8. The SMILES string of the molecule is NC(=O)[C@@H]1CCCN(C(=O)c2cc3sc4ccccc4c3s2)C1. The van der Waals surface area contributed by atoms with Gasteiger partial charge in [0.25, 0.3) is 5.91 Å². The predicted octanol–water partition coefficient (Wildman–Crippen LogP) is 3.45. The van der Waals surface area contributed by atoms with E-state index in [1.165, 1.54) is 14.8 Å². The van der Waals surface area contributed by atoms with Gasteiger partial charge in [-0.25, -0.2) is 0 Å². The van der Waals surface area contributed by atoms with Gasteiger partial charge in [0.1, 0.15) is 0 Å². The van der Waals surface area contributed by atoms with Gasteiger partial charge in [-0.15, -0.1) is 22.7 Å². The molecule has 1 saturated heterocycles. The van der Waals surface area contributed by atoms with Crippen LogP contribution in [-0.4, -0.2) is 29.8 Å². The van der Waals surface area contributed by atoms with E-state index in [1.807, 2.05) is 18.2 Å². The Hall–Kier alpha value is -1.92. The normalized spacial score (nSPS) is 18.6. The molecule has 0 bridgehead atoms. The largest absolute Gasteiger partial charge is 0.369 e. The van der Waals surface area contributed by atoms with Crippen molar-refractivity contribution in [2.24, 2.45) is 11.7 Å². The minimum atomic E-state index is -0.305. The van der Waals surface area contributed by atoms with E-state index in [9.17, 15) is 9.59 Å². The van der Waals surface area contributed by atoms with Gasteiger partial charge in [-0.3, -0.25) is 9.59 Å². The minimum absolute atomic E-state index is 0.0217. The second kappa shape index (κ2) is 5.62. The molecule has 3 aromatic rings. The molecule has 1 aliphatic rings. The van der Waals surface area contributed by atoms with Gasteiger partial charge in [0.2, 0.25) is 5.91 Å². The Kier molecular flexibility index (Phi) is 3.58. The third-order valence-corrected chi connectivity index (χ3v) is 6.77. The van der Waals surface area contributed by atoms with Crippen molar-refractivity contribution < 1.29 is 9.59 Å². The molecule has 1 fully saturated rings. The molecule has 1 aromatic carbocycles. The zero-order valence-corrected chi connectivity index (χ0v) is 14.1. The van der Waals surface area contributed by atoms with E-state index in [-0.39, 0.29) is 17.7 Å². The fraction of sp³-hybridized carbons (Fsp3) is 0.294. The number of rotatable bonds is 2.